The van der Waals surface area contributed by atoms with Crippen LogP contribution in [0.3, 0.4) is 0 Å². The van der Waals surface area contributed by atoms with Gasteiger partial charge in [-0.05, 0) is 53.6 Å². The zero-order valence-electron chi connectivity index (χ0n) is 17.9. The summed E-state index contributed by atoms with van der Waals surface area (Å²) in [5, 5.41) is 10.4. The van der Waals surface area contributed by atoms with Crippen molar-refractivity contribution in [2.45, 2.75) is 6.36 Å². The van der Waals surface area contributed by atoms with Gasteiger partial charge in [-0.1, -0.05) is 16.8 Å². The maximum absolute atomic E-state index is 12.9. The van der Waals surface area contributed by atoms with Crippen molar-refractivity contribution in [1.82, 2.24) is 25.2 Å². The fraction of sp³-hybridized carbons (Fsp3) is 0.217. The van der Waals surface area contributed by atoms with E-state index in [4.69, 9.17) is 11.6 Å². The van der Waals surface area contributed by atoms with Gasteiger partial charge in [0.05, 0.1) is 5.52 Å². The number of aromatic nitrogens is 3. The number of fused-ring (bicyclic) bond motifs is 2. The topological polar surface area (TPSA) is 91.4 Å². The van der Waals surface area contributed by atoms with E-state index < -0.39 is 12.1 Å². The fourth-order valence-electron chi connectivity index (χ4n) is 4.20. The van der Waals surface area contributed by atoms with Crippen molar-refractivity contribution < 1.29 is 27.5 Å². The molecule has 2 aromatic carbocycles. The summed E-state index contributed by atoms with van der Waals surface area (Å²) in [7, 11) is 0. The number of H-pyrrole nitrogens is 1. The van der Waals surface area contributed by atoms with Gasteiger partial charge < -0.3 is 14.5 Å². The number of halogens is 4. The van der Waals surface area contributed by atoms with Crippen LogP contribution in [0, 0.1) is 5.92 Å². The van der Waals surface area contributed by atoms with Gasteiger partial charge in [0.25, 0.3) is 5.91 Å². The number of amides is 2. The van der Waals surface area contributed by atoms with Crippen LogP contribution in [-0.4, -0.2) is 63.0 Å². The summed E-state index contributed by atoms with van der Waals surface area (Å²) >= 11 is 5.87. The molecule has 2 aliphatic heterocycles. The maximum Gasteiger partial charge on any atom is 0.573 e. The number of hydrogen-bond donors (Lipinski definition) is 1. The second kappa shape index (κ2) is 8.73. The van der Waals surface area contributed by atoms with Crippen LogP contribution >= 0.6 is 11.6 Å². The Labute approximate surface area is 201 Å². The Bertz CT molecular complexity index is 1380. The predicted octanol–water partition coefficient (Wildman–Crippen LogP) is 4.02. The first-order valence-corrected chi connectivity index (χ1v) is 10.9. The van der Waals surface area contributed by atoms with Crippen LogP contribution in [-0.2, 0) is 4.79 Å². The number of rotatable bonds is 4. The van der Waals surface area contributed by atoms with Crippen molar-refractivity contribution in [3.8, 4) is 5.75 Å². The molecule has 3 aromatic rings. The van der Waals surface area contributed by atoms with Crippen molar-refractivity contribution in [2.75, 3.05) is 19.6 Å². The Hall–Kier alpha value is -3.86. The van der Waals surface area contributed by atoms with Crippen molar-refractivity contribution >= 4 is 40.5 Å². The molecule has 3 heterocycles. The minimum absolute atomic E-state index is 0.0186. The lowest BCUT2D eigenvalue weighted by Gasteiger charge is -2.19. The predicted molar refractivity (Wildman–Crippen MR) is 120 cm³/mol. The molecule has 0 radical (unpaired) electrons. The normalized spacial score (nSPS) is 17.8. The molecule has 180 valence electrons. The fourth-order valence-corrected chi connectivity index (χ4v) is 4.44. The van der Waals surface area contributed by atoms with Gasteiger partial charge in [-0.3, -0.25) is 14.7 Å². The average molecular weight is 504 g/mol. The number of likely N-dealkylation sites (tertiary alicyclic amines) is 1. The summed E-state index contributed by atoms with van der Waals surface area (Å²) in [6.45, 7) is 1.24. The number of alkyl halides is 3. The first-order chi connectivity index (χ1) is 16.6. The van der Waals surface area contributed by atoms with Crippen LogP contribution in [0.25, 0.3) is 17.1 Å². The largest absolute Gasteiger partial charge is 0.573 e. The van der Waals surface area contributed by atoms with E-state index >= 15 is 0 Å². The van der Waals surface area contributed by atoms with Gasteiger partial charge in [0.1, 0.15) is 11.3 Å². The second-order valence-electron chi connectivity index (χ2n) is 8.22. The molecule has 1 atom stereocenters. The number of carbonyl (C=O) groups is 2. The van der Waals surface area contributed by atoms with E-state index in [0.717, 1.165) is 23.2 Å². The van der Waals surface area contributed by atoms with Gasteiger partial charge in [-0.15, -0.1) is 18.3 Å². The van der Waals surface area contributed by atoms with Crippen LogP contribution < -0.4 is 4.74 Å². The molecule has 1 saturated heterocycles. The summed E-state index contributed by atoms with van der Waals surface area (Å²) in [4.78, 5) is 28.8. The smallest absolute Gasteiger partial charge is 0.406 e. The number of ether oxygens (including phenoxy) is 1. The lowest BCUT2D eigenvalue weighted by atomic mass is 10.1. The summed E-state index contributed by atoms with van der Waals surface area (Å²) in [5.74, 6) is -0.907. The molecular formula is C23H17ClF3N5O3. The highest BCUT2D eigenvalue weighted by atomic mass is 35.5. The zero-order valence-corrected chi connectivity index (χ0v) is 18.7. The first-order valence-electron chi connectivity index (χ1n) is 10.5. The molecule has 1 aromatic heterocycles. The molecule has 0 saturated carbocycles. The molecule has 1 fully saturated rings. The van der Waals surface area contributed by atoms with E-state index in [-0.39, 0.29) is 22.8 Å². The number of benzene rings is 2. The highest BCUT2D eigenvalue weighted by molar-refractivity contribution is 6.30. The van der Waals surface area contributed by atoms with E-state index in [9.17, 15) is 22.8 Å². The van der Waals surface area contributed by atoms with E-state index in [2.05, 4.69) is 20.1 Å². The van der Waals surface area contributed by atoms with Crippen LogP contribution in [0.1, 0.15) is 15.9 Å². The standard InChI is InChI=1S/C23H17ClF3N5O3/c24-17-5-13(6-18(8-17)35-23(25,26)27)1-4-21(33)31-9-15-11-32(12-16(15)10-31)22(34)14-2-3-19-20(7-14)29-30-28-19/h1-8,11,16H,9-10,12H2,(H,28,29,30)/t16-/m1/s1. The second-order valence-corrected chi connectivity index (χ2v) is 8.66. The SMILES string of the molecule is O=C(c1ccc2[nH]nnc2c1)N1C=C2CN(C(=O)C=Cc3cc(Cl)cc(OC(F)(F)F)c3)C[C@@H]2C1. The first kappa shape index (κ1) is 22.9. The van der Waals surface area contributed by atoms with Gasteiger partial charge >= 0.3 is 6.36 Å². The molecule has 5 rings (SSSR count). The van der Waals surface area contributed by atoms with Crippen LogP contribution in [0.2, 0.25) is 5.02 Å². The molecule has 0 unspecified atom stereocenters. The highest BCUT2D eigenvalue weighted by Gasteiger charge is 2.37. The van der Waals surface area contributed by atoms with E-state index in [1.165, 1.54) is 18.2 Å². The summed E-state index contributed by atoms with van der Waals surface area (Å²) in [5.41, 5.74) is 3.09. The number of hydrogen-bond acceptors (Lipinski definition) is 5. The molecule has 0 spiro atoms. The molecule has 35 heavy (non-hydrogen) atoms. The summed E-state index contributed by atoms with van der Waals surface area (Å²) in [6, 6.07) is 8.74. The van der Waals surface area contributed by atoms with Gasteiger partial charge in [0.15, 0.2) is 0 Å². The Morgan fingerprint density at radius 2 is 2.00 bits per heavy atom. The summed E-state index contributed by atoms with van der Waals surface area (Å²) in [6.07, 6.45) is -0.411. The molecular weight excluding hydrogens is 487 g/mol. The zero-order chi connectivity index (χ0) is 24.7. The molecule has 2 aliphatic rings. The van der Waals surface area contributed by atoms with Crippen molar-refractivity contribution in [3.63, 3.8) is 0 Å². The van der Waals surface area contributed by atoms with Gasteiger partial charge in [0, 0.05) is 48.4 Å². The number of carbonyl (C=O) groups excluding carboxylic acids is 2. The van der Waals surface area contributed by atoms with Crippen LogP contribution in [0.15, 0.2) is 54.2 Å². The third-order valence-electron chi connectivity index (χ3n) is 5.77. The van der Waals surface area contributed by atoms with Crippen molar-refractivity contribution in [2.24, 2.45) is 5.92 Å². The Kier molecular flexibility index (Phi) is 5.72. The van der Waals surface area contributed by atoms with Crippen molar-refractivity contribution in [3.05, 3.63) is 70.4 Å². The highest BCUT2D eigenvalue weighted by Crippen LogP contribution is 2.31. The third kappa shape index (κ3) is 4.99. The maximum atomic E-state index is 12.9. The Morgan fingerprint density at radius 3 is 2.77 bits per heavy atom. The molecule has 2 amide bonds. The lowest BCUT2D eigenvalue weighted by molar-refractivity contribution is -0.274. The Morgan fingerprint density at radius 1 is 1.17 bits per heavy atom. The minimum atomic E-state index is -4.85. The quantitative estimate of drug-likeness (QED) is 0.543. The third-order valence-corrected chi connectivity index (χ3v) is 5.99. The van der Waals surface area contributed by atoms with E-state index in [1.807, 2.05) is 0 Å². The number of nitrogens with zero attached hydrogens (tertiary/aromatic N) is 4. The molecule has 0 bridgehead atoms. The monoisotopic (exact) mass is 503 g/mol. The van der Waals surface area contributed by atoms with Gasteiger partial charge in [-0.2, -0.15) is 0 Å². The summed E-state index contributed by atoms with van der Waals surface area (Å²) < 4.78 is 41.3. The number of aromatic amines is 1. The van der Waals surface area contributed by atoms with E-state index in [1.54, 1.807) is 34.2 Å². The van der Waals surface area contributed by atoms with Crippen molar-refractivity contribution in [1.29, 1.82) is 0 Å². The molecule has 12 heteroatoms. The molecule has 8 nitrogen and oxygen atoms in total. The van der Waals surface area contributed by atoms with Crippen LogP contribution in [0.4, 0.5) is 13.2 Å². The lowest BCUT2D eigenvalue weighted by Crippen LogP contribution is -2.32. The number of nitrogens with one attached hydrogen (secondary N) is 1. The van der Waals surface area contributed by atoms with E-state index in [0.29, 0.717) is 36.3 Å². The van der Waals surface area contributed by atoms with Gasteiger partial charge in [-0.25, -0.2) is 0 Å². The van der Waals surface area contributed by atoms with Crippen LogP contribution in [0.5, 0.6) is 5.75 Å². The molecule has 0 aliphatic carbocycles. The average Bonchev–Trinajstić information content (AvgIpc) is 3.49. The molecule has 1 N–H and O–H groups in total. The van der Waals surface area contributed by atoms with Gasteiger partial charge in [0.2, 0.25) is 5.91 Å². The Balaban J connectivity index is 1.23. The minimum Gasteiger partial charge on any atom is -0.406 e.